The number of aliphatic hydroxyl groups excluding tert-OH is 1. The van der Waals surface area contributed by atoms with E-state index in [1.54, 1.807) is 18.0 Å². The SMILES string of the molecule is CCOC(C)(C)C(O)c1c(OC)cnn1CCN(C)C. The number of aliphatic hydroxyl groups is 1. The van der Waals surface area contributed by atoms with Gasteiger partial charge in [0.2, 0.25) is 0 Å². The average Bonchev–Trinajstić information content (AvgIpc) is 2.77. The molecular weight excluding hydrogens is 258 g/mol. The predicted molar refractivity (Wildman–Crippen MR) is 78.0 cm³/mol. The Morgan fingerprint density at radius 2 is 2.10 bits per heavy atom. The van der Waals surface area contributed by atoms with Gasteiger partial charge < -0.3 is 19.5 Å². The molecule has 20 heavy (non-hydrogen) atoms. The molecule has 1 aromatic heterocycles. The first-order chi connectivity index (χ1) is 9.33. The summed E-state index contributed by atoms with van der Waals surface area (Å²) in [4.78, 5) is 2.07. The summed E-state index contributed by atoms with van der Waals surface area (Å²) < 4.78 is 12.7. The fraction of sp³-hybridized carbons (Fsp3) is 0.786. The highest BCUT2D eigenvalue weighted by molar-refractivity contribution is 5.29. The molecule has 1 unspecified atom stereocenters. The summed E-state index contributed by atoms with van der Waals surface area (Å²) >= 11 is 0. The molecule has 1 heterocycles. The standard InChI is InChI=1S/C14H27N3O3/c1-7-20-14(2,3)13(18)12-11(19-6)10-15-17(12)9-8-16(4)5/h10,13,18H,7-9H2,1-6H3. The van der Waals surface area contributed by atoms with Crippen LogP contribution in [0, 0.1) is 0 Å². The number of methoxy groups -OCH3 is 1. The summed E-state index contributed by atoms with van der Waals surface area (Å²) in [7, 11) is 5.58. The van der Waals surface area contributed by atoms with Crippen LogP contribution in [0.2, 0.25) is 0 Å². The molecule has 0 bridgehead atoms. The van der Waals surface area contributed by atoms with E-state index < -0.39 is 11.7 Å². The van der Waals surface area contributed by atoms with Gasteiger partial charge in [-0.2, -0.15) is 5.10 Å². The highest BCUT2D eigenvalue weighted by Gasteiger charge is 2.34. The maximum Gasteiger partial charge on any atom is 0.162 e. The maximum absolute atomic E-state index is 10.6. The zero-order chi connectivity index (χ0) is 15.3. The zero-order valence-electron chi connectivity index (χ0n) is 13.4. The predicted octanol–water partition coefficient (Wildman–Crippen LogP) is 1.30. The lowest BCUT2D eigenvalue weighted by Gasteiger charge is -2.31. The molecule has 0 saturated carbocycles. The third-order valence-electron chi connectivity index (χ3n) is 3.26. The lowest BCUT2D eigenvalue weighted by atomic mass is 9.98. The van der Waals surface area contributed by atoms with Crippen molar-refractivity contribution in [1.29, 1.82) is 0 Å². The van der Waals surface area contributed by atoms with Gasteiger partial charge in [0.05, 0.1) is 25.5 Å². The maximum atomic E-state index is 10.6. The molecule has 1 aromatic rings. The van der Waals surface area contributed by atoms with E-state index in [0.29, 0.717) is 24.6 Å². The van der Waals surface area contributed by atoms with Gasteiger partial charge in [-0.1, -0.05) is 0 Å². The van der Waals surface area contributed by atoms with Gasteiger partial charge in [0, 0.05) is 13.2 Å². The molecule has 1 N–H and O–H groups in total. The Kier molecular flexibility index (Phi) is 5.98. The minimum atomic E-state index is -0.804. The first-order valence-electron chi connectivity index (χ1n) is 6.90. The summed E-state index contributed by atoms with van der Waals surface area (Å²) in [5, 5.41) is 14.9. The molecule has 0 spiro atoms. The van der Waals surface area contributed by atoms with Crippen LogP contribution in [0.1, 0.15) is 32.6 Å². The van der Waals surface area contributed by atoms with Crippen LogP contribution in [0.15, 0.2) is 6.20 Å². The Bertz CT molecular complexity index is 416. The summed E-state index contributed by atoms with van der Waals surface area (Å²) in [5.74, 6) is 0.587. The van der Waals surface area contributed by atoms with Gasteiger partial charge in [-0.3, -0.25) is 4.68 Å². The summed E-state index contributed by atoms with van der Waals surface area (Å²) in [6.07, 6.45) is 0.832. The highest BCUT2D eigenvalue weighted by Crippen LogP contribution is 2.34. The molecule has 6 nitrogen and oxygen atoms in total. The quantitative estimate of drug-likeness (QED) is 0.780. The van der Waals surface area contributed by atoms with E-state index in [4.69, 9.17) is 9.47 Å². The molecule has 0 aliphatic rings. The van der Waals surface area contributed by atoms with Crippen LogP contribution >= 0.6 is 0 Å². The van der Waals surface area contributed by atoms with Crippen LogP contribution in [0.3, 0.4) is 0 Å². The largest absolute Gasteiger partial charge is 0.493 e. The Morgan fingerprint density at radius 1 is 1.45 bits per heavy atom. The number of hydrogen-bond donors (Lipinski definition) is 1. The number of rotatable bonds is 8. The second-order valence-corrected chi connectivity index (χ2v) is 5.56. The van der Waals surface area contributed by atoms with Gasteiger partial charge in [0.15, 0.2) is 5.75 Å². The van der Waals surface area contributed by atoms with Crippen molar-refractivity contribution in [3.8, 4) is 5.75 Å². The van der Waals surface area contributed by atoms with Crippen LogP contribution in [0.5, 0.6) is 5.75 Å². The second-order valence-electron chi connectivity index (χ2n) is 5.56. The fourth-order valence-electron chi connectivity index (χ4n) is 2.06. The summed E-state index contributed by atoms with van der Waals surface area (Å²) in [6, 6.07) is 0. The summed E-state index contributed by atoms with van der Waals surface area (Å²) in [6.45, 7) is 7.70. The lowest BCUT2D eigenvalue weighted by Crippen LogP contribution is -2.35. The first kappa shape index (κ1) is 16.9. The molecule has 0 saturated heterocycles. The Morgan fingerprint density at radius 3 is 2.60 bits per heavy atom. The molecule has 116 valence electrons. The van der Waals surface area contributed by atoms with Gasteiger partial charge in [-0.15, -0.1) is 0 Å². The van der Waals surface area contributed by atoms with E-state index >= 15 is 0 Å². The van der Waals surface area contributed by atoms with Crippen LogP contribution in [0.25, 0.3) is 0 Å². The summed E-state index contributed by atoms with van der Waals surface area (Å²) in [5.41, 5.74) is -0.0365. The highest BCUT2D eigenvalue weighted by atomic mass is 16.5. The number of aromatic nitrogens is 2. The number of hydrogen-bond acceptors (Lipinski definition) is 5. The third kappa shape index (κ3) is 3.94. The van der Waals surface area contributed by atoms with E-state index in [1.165, 1.54) is 0 Å². The van der Waals surface area contributed by atoms with Gasteiger partial charge in [-0.05, 0) is 34.9 Å². The second kappa shape index (κ2) is 7.06. The zero-order valence-corrected chi connectivity index (χ0v) is 13.4. The van der Waals surface area contributed by atoms with Gasteiger partial charge in [-0.25, -0.2) is 0 Å². The van der Waals surface area contributed by atoms with Crippen molar-refractivity contribution in [2.75, 3.05) is 34.4 Å². The minimum absolute atomic E-state index is 0.540. The Balaban J connectivity index is 3.03. The normalized spacial score (nSPS) is 13.8. The molecule has 1 rings (SSSR count). The minimum Gasteiger partial charge on any atom is -0.493 e. The molecule has 0 amide bonds. The molecule has 1 atom stereocenters. The smallest absolute Gasteiger partial charge is 0.162 e. The topological polar surface area (TPSA) is 59.8 Å². The van der Waals surface area contributed by atoms with Crippen molar-refractivity contribution in [1.82, 2.24) is 14.7 Å². The number of nitrogens with zero attached hydrogens (tertiary/aromatic N) is 3. The van der Waals surface area contributed by atoms with Gasteiger partial charge in [0.1, 0.15) is 11.8 Å². The van der Waals surface area contributed by atoms with Crippen LogP contribution in [-0.4, -0.2) is 59.7 Å². The molecule has 0 fully saturated rings. The third-order valence-corrected chi connectivity index (χ3v) is 3.26. The van der Waals surface area contributed by atoms with Crippen LogP contribution in [0.4, 0.5) is 0 Å². The molecule has 0 aliphatic carbocycles. The van der Waals surface area contributed by atoms with Gasteiger partial charge >= 0.3 is 0 Å². The van der Waals surface area contributed by atoms with Crippen molar-refractivity contribution >= 4 is 0 Å². The molecule has 6 heteroatoms. The van der Waals surface area contributed by atoms with Crippen molar-refractivity contribution in [3.05, 3.63) is 11.9 Å². The van der Waals surface area contributed by atoms with Crippen molar-refractivity contribution in [3.63, 3.8) is 0 Å². The Labute approximate surface area is 121 Å². The van der Waals surface area contributed by atoms with E-state index in [2.05, 4.69) is 10.00 Å². The van der Waals surface area contributed by atoms with E-state index in [9.17, 15) is 5.11 Å². The molecule has 0 radical (unpaired) electrons. The Hall–Kier alpha value is -1.11. The average molecular weight is 285 g/mol. The molecule has 0 aromatic carbocycles. The van der Waals surface area contributed by atoms with Crippen LogP contribution in [-0.2, 0) is 11.3 Å². The fourth-order valence-corrected chi connectivity index (χ4v) is 2.06. The van der Waals surface area contributed by atoms with Crippen molar-refractivity contribution < 1.29 is 14.6 Å². The van der Waals surface area contributed by atoms with E-state index in [-0.39, 0.29) is 0 Å². The molecular formula is C14H27N3O3. The number of ether oxygens (including phenoxy) is 2. The van der Waals surface area contributed by atoms with E-state index in [1.807, 2.05) is 34.9 Å². The van der Waals surface area contributed by atoms with E-state index in [0.717, 1.165) is 6.54 Å². The monoisotopic (exact) mass is 285 g/mol. The van der Waals surface area contributed by atoms with Crippen molar-refractivity contribution in [2.24, 2.45) is 0 Å². The molecule has 0 aliphatic heterocycles. The lowest BCUT2D eigenvalue weighted by molar-refractivity contribution is -0.102. The van der Waals surface area contributed by atoms with Gasteiger partial charge in [0.25, 0.3) is 0 Å². The number of likely N-dealkylation sites (N-methyl/N-ethyl adjacent to an activating group) is 1. The van der Waals surface area contributed by atoms with Crippen LogP contribution < -0.4 is 4.74 Å². The van der Waals surface area contributed by atoms with Crippen molar-refractivity contribution in [2.45, 2.75) is 39.0 Å². The first-order valence-corrected chi connectivity index (χ1v) is 6.90.